The van der Waals surface area contributed by atoms with E-state index < -0.39 is 0 Å². The second-order valence-corrected chi connectivity index (χ2v) is 5.01. The van der Waals surface area contributed by atoms with Gasteiger partial charge in [-0.3, -0.25) is 0 Å². The van der Waals surface area contributed by atoms with Crippen LogP contribution in [-0.4, -0.2) is 16.7 Å². The summed E-state index contributed by atoms with van der Waals surface area (Å²) in [5, 5.41) is 9.43. The molecule has 17 heavy (non-hydrogen) atoms. The van der Waals surface area contributed by atoms with E-state index in [4.69, 9.17) is 21.4 Å². The van der Waals surface area contributed by atoms with Crippen LogP contribution in [0, 0.1) is 5.92 Å². The Labute approximate surface area is 107 Å². The van der Waals surface area contributed by atoms with E-state index in [9.17, 15) is 0 Å². The molecular formula is C13H18ClNO2. The van der Waals surface area contributed by atoms with E-state index in [1.54, 1.807) is 12.3 Å². The van der Waals surface area contributed by atoms with E-state index in [1.165, 1.54) is 32.1 Å². The Morgan fingerprint density at radius 1 is 1.35 bits per heavy atom. The maximum absolute atomic E-state index is 8.95. The van der Waals surface area contributed by atoms with Gasteiger partial charge in [-0.05, 0) is 30.4 Å². The molecule has 0 atom stereocenters. The first-order chi connectivity index (χ1) is 8.29. The lowest BCUT2D eigenvalue weighted by atomic mass is 9.90. The van der Waals surface area contributed by atoms with Crippen LogP contribution in [0.15, 0.2) is 12.3 Å². The van der Waals surface area contributed by atoms with Crippen LogP contribution in [-0.2, 0) is 6.61 Å². The molecule has 1 aromatic rings. The van der Waals surface area contributed by atoms with Crippen LogP contribution < -0.4 is 4.74 Å². The first-order valence-corrected chi connectivity index (χ1v) is 6.55. The SMILES string of the molecule is OCc1cnc(OCC2CCCCC2)c(Cl)c1. The monoisotopic (exact) mass is 255 g/mol. The predicted molar refractivity (Wildman–Crippen MR) is 67.2 cm³/mol. The zero-order chi connectivity index (χ0) is 12.1. The van der Waals surface area contributed by atoms with Crippen molar-refractivity contribution in [2.24, 2.45) is 5.92 Å². The van der Waals surface area contributed by atoms with Crippen molar-refractivity contribution in [2.45, 2.75) is 38.7 Å². The van der Waals surface area contributed by atoms with Crippen molar-refractivity contribution in [1.82, 2.24) is 4.98 Å². The standard InChI is InChI=1S/C13H18ClNO2/c14-12-6-11(8-16)7-15-13(12)17-9-10-4-2-1-3-5-10/h6-7,10,16H,1-5,8-9H2. The number of rotatable bonds is 4. The summed E-state index contributed by atoms with van der Waals surface area (Å²) >= 11 is 6.03. The molecule has 94 valence electrons. The van der Waals surface area contributed by atoms with Crippen LogP contribution >= 0.6 is 11.6 Å². The fourth-order valence-electron chi connectivity index (χ4n) is 2.21. The maximum atomic E-state index is 8.95. The van der Waals surface area contributed by atoms with Crippen molar-refractivity contribution in [3.63, 3.8) is 0 Å². The molecule has 1 aromatic heterocycles. The lowest BCUT2D eigenvalue weighted by Gasteiger charge is -2.21. The Morgan fingerprint density at radius 2 is 2.12 bits per heavy atom. The number of hydrogen-bond donors (Lipinski definition) is 1. The van der Waals surface area contributed by atoms with E-state index in [-0.39, 0.29) is 6.61 Å². The minimum absolute atomic E-state index is 0.0460. The third-order valence-corrected chi connectivity index (χ3v) is 3.50. The van der Waals surface area contributed by atoms with E-state index in [2.05, 4.69) is 4.98 Å². The lowest BCUT2D eigenvalue weighted by Crippen LogP contribution is -2.15. The van der Waals surface area contributed by atoms with E-state index in [0.717, 1.165) is 0 Å². The van der Waals surface area contributed by atoms with Gasteiger partial charge in [0.2, 0.25) is 5.88 Å². The fraction of sp³-hybridized carbons (Fsp3) is 0.615. The molecule has 0 radical (unpaired) electrons. The first-order valence-electron chi connectivity index (χ1n) is 6.17. The van der Waals surface area contributed by atoms with Crippen molar-refractivity contribution in [3.05, 3.63) is 22.8 Å². The maximum Gasteiger partial charge on any atom is 0.232 e. The molecule has 0 aromatic carbocycles. The number of ether oxygens (including phenoxy) is 1. The van der Waals surface area contributed by atoms with Crippen LogP contribution in [0.25, 0.3) is 0 Å². The summed E-state index contributed by atoms with van der Waals surface area (Å²) in [4.78, 5) is 4.12. The molecule has 1 aliphatic carbocycles. The second-order valence-electron chi connectivity index (χ2n) is 4.60. The molecule has 0 spiro atoms. The van der Waals surface area contributed by atoms with Crippen LogP contribution in [0.2, 0.25) is 5.02 Å². The smallest absolute Gasteiger partial charge is 0.232 e. The van der Waals surface area contributed by atoms with Crippen molar-refractivity contribution in [1.29, 1.82) is 0 Å². The molecule has 0 bridgehead atoms. The highest BCUT2D eigenvalue weighted by Crippen LogP contribution is 2.27. The third kappa shape index (κ3) is 3.58. The summed E-state index contributed by atoms with van der Waals surface area (Å²) in [5.41, 5.74) is 0.708. The van der Waals surface area contributed by atoms with Crippen molar-refractivity contribution < 1.29 is 9.84 Å². The van der Waals surface area contributed by atoms with E-state index >= 15 is 0 Å². The summed E-state index contributed by atoms with van der Waals surface area (Å²) in [6.45, 7) is 0.654. The van der Waals surface area contributed by atoms with Gasteiger partial charge in [0, 0.05) is 6.20 Å². The van der Waals surface area contributed by atoms with Gasteiger partial charge >= 0.3 is 0 Å². The predicted octanol–water partition coefficient (Wildman–Crippen LogP) is 3.19. The van der Waals surface area contributed by atoms with Gasteiger partial charge in [-0.2, -0.15) is 0 Å². The Balaban J connectivity index is 1.89. The van der Waals surface area contributed by atoms with Gasteiger partial charge in [-0.25, -0.2) is 4.98 Å². The van der Waals surface area contributed by atoms with Gasteiger partial charge in [0.05, 0.1) is 13.2 Å². The molecule has 1 fully saturated rings. The zero-order valence-corrected chi connectivity index (χ0v) is 10.6. The molecule has 0 saturated heterocycles. The van der Waals surface area contributed by atoms with Crippen molar-refractivity contribution in [3.8, 4) is 5.88 Å². The molecule has 1 aliphatic rings. The average Bonchev–Trinajstić information content (AvgIpc) is 2.38. The van der Waals surface area contributed by atoms with Crippen LogP contribution in [0.1, 0.15) is 37.7 Å². The molecule has 1 heterocycles. The number of nitrogens with zero attached hydrogens (tertiary/aromatic N) is 1. The fourth-order valence-corrected chi connectivity index (χ4v) is 2.45. The van der Waals surface area contributed by atoms with Gasteiger partial charge in [0.1, 0.15) is 5.02 Å². The van der Waals surface area contributed by atoms with Crippen molar-refractivity contribution >= 4 is 11.6 Å². The molecule has 1 saturated carbocycles. The Kier molecular flexibility index (Phi) is 4.63. The van der Waals surface area contributed by atoms with Gasteiger partial charge in [-0.15, -0.1) is 0 Å². The molecular weight excluding hydrogens is 238 g/mol. The van der Waals surface area contributed by atoms with Gasteiger partial charge < -0.3 is 9.84 Å². The highest BCUT2D eigenvalue weighted by Gasteiger charge is 2.15. The highest BCUT2D eigenvalue weighted by molar-refractivity contribution is 6.31. The van der Waals surface area contributed by atoms with Crippen molar-refractivity contribution in [2.75, 3.05) is 6.61 Å². The Morgan fingerprint density at radius 3 is 2.76 bits per heavy atom. The molecule has 3 nitrogen and oxygen atoms in total. The number of aromatic nitrogens is 1. The minimum Gasteiger partial charge on any atom is -0.476 e. The number of aliphatic hydroxyl groups excluding tert-OH is 1. The molecule has 0 aliphatic heterocycles. The highest BCUT2D eigenvalue weighted by atomic mass is 35.5. The topological polar surface area (TPSA) is 42.4 Å². The molecule has 1 N–H and O–H groups in total. The second kappa shape index (κ2) is 6.22. The number of pyridine rings is 1. The summed E-state index contributed by atoms with van der Waals surface area (Å²) < 4.78 is 5.65. The quantitative estimate of drug-likeness (QED) is 0.899. The van der Waals surface area contributed by atoms with E-state index in [0.29, 0.717) is 29.0 Å². The van der Waals surface area contributed by atoms with Gasteiger partial charge in [-0.1, -0.05) is 30.9 Å². The Bertz CT molecular complexity index is 364. The number of hydrogen-bond acceptors (Lipinski definition) is 3. The minimum atomic E-state index is -0.0460. The number of aliphatic hydroxyl groups is 1. The van der Waals surface area contributed by atoms with Crippen LogP contribution in [0.5, 0.6) is 5.88 Å². The third-order valence-electron chi connectivity index (χ3n) is 3.23. The largest absolute Gasteiger partial charge is 0.476 e. The normalized spacial score (nSPS) is 17.1. The zero-order valence-electron chi connectivity index (χ0n) is 9.86. The molecule has 4 heteroatoms. The van der Waals surface area contributed by atoms with Gasteiger partial charge in [0.25, 0.3) is 0 Å². The summed E-state index contributed by atoms with van der Waals surface area (Å²) in [6.07, 6.45) is 8.04. The van der Waals surface area contributed by atoms with Crippen LogP contribution in [0.4, 0.5) is 0 Å². The van der Waals surface area contributed by atoms with Crippen LogP contribution in [0.3, 0.4) is 0 Å². The lowest BCUT2D eigenvalue weighted by molar-refractivity contribution is 0.202. The molecule has 0 unspecified atom stereocenters. The average molecular weight is 256 g/mol. The van der Waals surface area contributed by atoms with Gasteiger partial charge in [0.15, 0.2) is 0 Å². The summed E-state index contributed by atoms with van der Waals surface area (Å²) in [6, 6.07) is 1.70. The number of halogens is 1. The Hall–Kier alpha value is -0.800. The van der Waals surface area contributed by atoms with E-state index in [1.807, 2.05) is 0 Å². The first kappa shape index (κ1) is 12.7. The molecule has 2 rings (SSSR count). The summed E-state index contributed by atoms with van der Waals surface area (Å²) in [5.74, 6) is 1.12. The molecule has 0 amide bonds. The summed E-state index contributed by atoms with van der Waals surface area (Å²) in [7, 11) is 0.